The first-order chi connectivity index (χ1) is 4.29. The van der Waals surface area contributed by atoms with E-state index in [0.29, 0.717) is 0 Å². The fourth-order valence-electron chi connectivity index (χ4n) is 0.775. The fraction of sp³-hybridized carbons (Fsp3) is 0.333. The summed E-state index contributed by atoms with van der Waals surface area (Å²) in [6, 6.07) is 0. The Hall–Kier alpha value is -1.12. The van der Waals surface area contributed by atoms with Crippen LogP contribution in [0.25, 0.3) is 0 Å². The van der Waals surface area contributed by atoms with Gasteiger partial charge in [-0.1, -0.05) is 18.2 Å². The van der Waals surface area contributed by atoms with Crippen molar-refractivity contribution in [3.05, 3.63) is 33.9 Å². The van der Waals surface area contributed by atoms with Gasteiger partial charge in [0.15, 0.2) is 0 Å². The predicted molar refractivity (Wildman–Crippen MR) is 33.7 cm³/mol. The van der Waals surface area contributed by atoms with Crippen LogP contribution in [0.3, 0.4) is 0 Å². The van der Waals surface area contributed by atoms with Gasteiger partial charge in [0.1, 0.15) is 0 Å². The van der Waals surface area contributed by atoms with Gasteiger partial charge < -0.3 is 0 Å². The van der Waals surface area contributed by atoms with Gasteiger partial charge in [0, 0.05) is 10.5 Å². The van der Waals surface area contributed by atoms with Crippen molar-refractivity contribution in [1.29, 1.82) is 0 Å². The van der Waals surface area contributed by atoms with E-state index >= 15 is 0 Å². The quantitative estimate of drug-likeness (QED) is 0.410. The van der Waals surface area contributed by atoms with E-state index in [2.05, 4.69) is 0 Å². The number of rotatable bonds is 2. The number of nitro groups is 1. The van der Waals surface area contributed by atoms with Crippen LogP contribution >= 0.6 is 0 Å². The second-order valence-corrected chi connectivity index (χ2v) is 1.95. The second-order valence-electron chi connectivity index (χ2n) is 1.95. The summed E-state index contributed by atoms with van der Waals surface area (Å²) in [4.78, 5) is 9.59. The Morgan fingerprint density at radius 2 is 2.56 bits per heavy atom. The summed E-state index contributed by atoms with van der Waals surface area (Å²) in [5.41, 5.74) is 0.889. The molecule has 0 fully saturated rings. The first kappa shape index (κ1) is 6.01. The largest absolute Gasteiger partial charge is 0.264 e. The maximum atomic E-state index is 9.89. The minimum absolute atomic E-state index is 0.00694. The third-order valence-electron chi connectivity index (χ3n) is 1.18. The summed E-state index contributed by atoms with van der Waals surface area (Å²) < 4.78 is 0. The average molecular weight is 125 g/mol. The normalized spacial score (nSPS) is 15.8. The second kappa shape index (κ2) is 2.44. The van der Waals surface area contributed by atoms with Crippen LogP contribution in [0.1, 0.15) is 6.42 Å². The first-order valence-corrected chi connectivity index (χ1v) is 2.75. The maximum Gasteiger partial charge on any atom is 0.225 e. The standard InChI is InChI=1S/C6H7NO2/c8-7(9)5-6-3-1-2-4-6/h1-3H,4-5H2. The number of hydrogen-bond donors (Lipinski definition) is 0. The Balaban J connectivity index is 2.39. The van der Waals surface area contributed by atoms with Gasteiger partial charge in [0.2, 0.25) is 6.54 Å². The van der Waals surface area contributed by atoms with Crippen LogP contribution in [0.5, 0.6) is 0 Å². The summed E-state index contributed by atoms with van der Waals surface area (Å²) in [6.07, 6.45) is 6.31. The molecule has 0 spiro atoms. The van der Waals surface area contributed by atoms with Crippen molar-refractivity contribution in [3.8, 4) is 0 Å². The van der Waals surface area contributed by atoms with E-state index in [-0.39, 0.29) is 11.5 Å². The third-order valence-corrected chi connectivity index (χ3v) is 1.18. The summed E-state index contributed by atoms with van der Waals surface area (Å²) in [6.45, 7) is -0.00694. The Kier molecular flexibility index (Phi) is 1.63. The Morgan fingerprint density at radius 1 is 1.78 bits per heavy atom. The maximum absolute atomic E-state index is 9.89. The molecule has 0 bridgehead atoms. The minimum atomic E-state index is -0.307. The van der Waals surface area contributed by atoms with E-state index in [1.807, 2.05) is 12.2 Å². The molecule has 0 radical (unpaired) electrons. The molecule has 0 aromatic carbocycles. The molecule has 1 rings (SSSR count). The van der Waals surface area contributed by atoms with E-state index in [9.17, 15) is 10.1 Å². The van der Waals surface area contributed by atoms with Crippen molar-refractivity contribution in [2.75, 3.05) is 6.54 Å². The van der Waals surface area contributed by atoms with Crippen LogP contribution in [0, 0.1) is 10.1 Å². The van der Waals surface area contributed by atoms with E-state index in [1.165, 1.54) is 0 Å². The molecule has 0 saturated heterocycles. The monoisotopic (exact) mass is 125 g/mol. The van der Waals surface area contributed by atoms with Crippen molar-refractivity contribution < 1.29 is 4.92 Å². The molecule has 0 atom stereocenters. The molecule has 0 unspecified atom stereocenters. The molecule has 0 aliphatic heterocycles. The zero-order chi connectivity index (χ0) is 6.69. The van der Waals surface area contributed by atoms with Crippen LogP contribution < -0.4 is 0 Å². The number of hydrogen-bond acceptors (Lipinski definition) is 2. The van der Waals surface area contributed by atoms with Crippen LogP contribution in [0.15, 0.2) is 23.8 Å². The third kappa shape index (κ3) is 1.68. The summed E-state index contributed by atoms with van der Waals surface area (Å²) >= 11 is 0. The SMILES string of the molecule is O=[N+]([O-])CC1=CC=CC1. The first-order valence-electron chi connectivity index (χ1n) is 2.75. The van der Waals surface area contributed by atoms with Gasteiger partial charge in [-0.15, -0.1) is 0 Å². The molecule has 0 N–H and O–H groups in total. The smallest absolute Gasteiger partial charge is 0.225 e. The number of allylic oxidation sites excluding steroid dienone is 3. The molecule has 0 saturated carbocycles. The van der Waals surface area contributed by atoms with Gasteiger partial charge in [-0.2, -0.15) is 0 Å². The summed E-state index contributed by atoms with van der Waals surface area (Å²) in [7, 11) is 0. The fourth-order valence-corrected chi connectivity index (χ4v) is 0.775. The molecule has 1 aliphatic carbocycles. The van der Waals surface area contributed by atoms with Gasteiger partial charge in [0.25, 0.3) is 0 Å². The lowest BCUT2D eigenvalue weighted by Crippen LogP contribution is -2.01. The van der Waals surface area contributed by atoms with Gasteiger partial charge in [0.05, 0.1) is 0 Å². The molecule has 9 heavy (non-hydrogen) atoms. The van der Waals surface area contributed by atoms with Gasteiger partial charge >= 0.3 is 0 Å². The minimum Gasteiger partial charge on any atom is -0.264 e. The zero-order valence-electron chi connectivity index (χ0n) is 4.91. The molecular formula is C6H7NO2. The van der Waals surface area contributed by atoms with Crippen molar-refractivity contribution >= 4 is 0 Å². The molecule has 0 amide bonds. The Morgan fingerprint density at radius 3 is 3.00 bits per heavy atom. The Bertz CT molecular complexity index is 181. The molecule has 0 aromatic heterocycles. The molecule has 48 valence electrons. The van der Waals surface area contributed by atoms with Crippen LogP contribution in [0.4, 0.5) is 0 Å². The van der Waals surface area contributed by atoms with E-state index < -0.39 is 0 Å². The van der Waals surface area contributed by atoms with Crippen LogP contribution in [0.2, 0.25) is 0 Å². The summed E-state index contributed by atoms with van der Waals surface area (Å²) in [5.74, 6) is 0. The van der Waals surface area contributed by atoms with Crippen molar-refractivity contribution in [2.24, 2.45) is 0 Å². The van der Waals surface area contributed by atoms with E-state index in [0.717, 1.165) is 12.0 Å². The van der Waals surface area contributed by atoms with Gasteiger partial charge in [-0.25, -0.2) is 0 Å². The highest BCUT2D eigenvalue weighted by Crippen LogP contribution is 2.09. The molecule has 3 nitrogen and oxygen atoms in total. The number of nitrogens with zero attached hydrogens (tertiary/aromatic N) is 1. The highest BCUT2D eigenvalue weighted by molar-refractivity contribution is 5.22. The zero-order valence-corrected chi connectivity index (χ0v) is 4.91. The van der Waals surface area contributed by atoms with Crippen molar-refractivity contribution in [1.82, 2.24) is 0 Å². The average Bonchev–Trinajstić information content (AvgIpc) is 2.15. The highest BCUT2D eigenvalue weighted by atomic mass is 16.6. The molecule has 0 aromatic rings. The van der Waals surface area contributed by atoms with Crippen molar-refractivity contribution in [2.45, 2.75) is 6.42 Å². The molecule has 1 aliphatic rings. The van der Waals surface area contributed by atoms with Gasteiger partial charge in [-0.3, -0.25) is 10.1 Å². The van der Waals surface area contributed by atoms with Gasteiger partial charge in [-0.05, 0) is 6.42 Å². The van der Waals surface area contributed by atoms with Crippen LogP contribution in [-0.4, -0.2) is 11.5 Å². The van der Waals surface area contributed by atoms with E-state index in [4.69, 9.17) is 0 Å². The van der Waals surface area contributed by atoms with E-state index in [1.54, 1.807) is 6.08 Å². The lowest BCUT2D eigenvalue weighted by atomic mass is 10.2. The highest BCUT2D eigenvalue weighted by Gasteiger charge is 2.04. The summed E-state index contributed by atoms with van der Waals surface area (Å²) in [5, 5.41) is 9.89. The van der Waals surface area contributed by atoms with Crippen molar-refractivity contribution in [3.63, 3.8) is 0 Å². The molecule has 0 heterocycles. The Labute approximate surface area is 52.8 Å². The lowest BCUT2D eigenvalue weighted by molar-refractivity contribution is -0.471. The lowest BCUT2D eigenvalue weighted by Gasteiger charge is -1.90. The predicted octanol–water partition coefficient (Wildman–Crippen LogP) is 1.15. The molecular weight excluding hydrogens is 118 g/mol. The molecule has 3 heteroatoms. The van der Waals surface area contributed by atoms with Crippen LogP contribution in [-0.2, 0) is 0 Å². The topological polar surface area (TPSA) is 43.1 Å².